The molecule has 1 saturated heterocycles. The molecule has 4 aromatic rings. The van der Waals surface area contributed by atoms with Crippen molar-refractivity contribution in [2.75, 3.05) is 40.0 Å². The van der Waals surface area contributed by atoms with E-state index >= 15 is 0 Å². The molecule has 11 heteroatoms. The van der Waals surface area contributed by atoms with Gasteiger partial charge in [0.05, 0.1) is 44.6 Å². The second-order valence-corrected chi connectivity index (χ2v) is 12.8. The molecule has 1 aromatic heterocycles. The Hall–Kier alpha value is -3.04. The Kier molecular flexibility index (Phi) is 10.0. The lowest BCUT2D eigenvalue weighted by atomic mass is 9.96. The van der Waals surface area contributed by atoms with E-state index in [-0.39, 0.29) is 24.0 Å². The van der Waals surface area contributed by atoms with E-state index in [1.807, 2.05) is 49.4 Å². The van der Waals surface area contributed by atoms with Crippen LogP contribution < -0.4 is 15.0 Å². The van der Waals surface area contributed by atoms with Crippen LogP contribution in [0.2, 0.25) is 0 Å². The Morgan fingerprint density at radius 2 is 1.81 bits per heavy atom. The molecule has 0 atom stereocenters. The number of nitrogens with zero attached hydrogens (tertiary/aromatic N) is 4. The van der Waals surface area contributed by atoms with Gasteiger partial charge in [0.1, 0.15) is 11.5 Å². The molecule has 5 rings (SSSR count). The third kappa shape index (κ3) is 6.88. The quantitative estimate of drug-likeness (QED) is 0.164. The Morgan fingerprint density at radius 3 is 2.49 bits per heavy atom. The normalized spacial score (nSPS) is 13.7. The number of amides is 1. The smallest absolute Gasteiger partial charge is 0.282 e. The molecule has 0 radical (unpaired) electrons. The molecule has 0 saturated carbocycles. The standard InChI is InChI=1S/C32H32I2N4O5/c1-19(2)23-16-24(20(3)13-28(23)41-4)31-36-27-8-6-5-7-22(27)32(40)38(31)35-17-21-14-25(33)30(26(34)15-21)43-18-29(39)37-9-11-42-12-10-37/h5-8,13-17,19H,9-12,18H2,1-4H3. The monoisotopic (exact) mass is 806 g/mol. The number of methoxy groups -OCH3 is 1. The number of carbonyl (C=O) groups excluding carboxylic acids is 1. The summed E-state index contributed by atoms with van der Waals surface area (Å²) < 4.78 is 19.9. The van der Waals surface area contributed by atoms with E-state index < -0.39 is 0 Å². The van der Waals surface area contributed by atoms with Crippen LogP contribution in [0.5, 0.6) is 11.5 Å². The maximum atomic E-state index is 13.8. The Bertz CT molecular complexity index is 1740. The third-order valence-corrected chi connectivity index (χ3v) is 8.84. The van der Waals surface area contributed by atoms with E-state index in [2.05, 4.69) is 64.1 Å². The number of morpholine rings is 1. The Morgan fingerprint density at radius 1 is 1.12 bits per heavy atom. The molecule has 2 heterocycles. The average Bonchev–Trinajstić information content (AvgIpc) is 3.00. The number of para-hydroxylation sites is 1. The van der Waals surface area contributed by atoms with Gasteiger partial charge < -0.3 is 19.1 Å². The highest BCUT2D eigenvalue weighted by Crippen LogP contribution is 2.34. The summed E-state index contributed by atoms with van der Waals surface area (Å²) >= 11 is 4.39. The molecule has 0 aliphatic carbocycles. The molecule has 1 aliphatic rings. The molecular weight excluding hydrogens is 774 g/mol. The van der Waals surface area contributed by atoms with E-state index in [0.29, 0.717) is 48.8 Å². The van der Waals surface area contributed by atoms with Gasteiger partial charge in [-0.1, -0.05) is 26.0 Å². The zero-order valence-electron chi connectivity index (χ0n) is 24.4. The first-order valence-corrected chi connectivity index (χ1v) is 16.1. The van der Waals surface area contributed by atoms with Crippen LogP contribution in [0.25, 0.3) is 22.3 Å². The highest BCUT2D eigenvalue weighted by Gasteiger charge is 2.20. The van der Waals surface area contributed by atoms with Crippen molar-refractivity contribution in [2.45, 2.75) is 26.7 Å². The summed E-state index contributed by atoms with van der Waals surface area (Å²) in [6.45, 7) is 8.38. The van der Waals surface area contributed by atoms with Crippen LogP contribution >= 0.6 is 45.2 Å². The molecular formula is C32H32I2N4O5. The van der Waals surface area contributed by atoms with E-state index in [0.717, 1.165) is 35.1 Å². The van der Waals surface area contributed by atoms with Crippen molar-refractivity contribution >= 4 is 68.2 Å². The molecule has 1 aliphatic heterocycles. The van der Waals surface area contributed by atoms with Gasteiger partial charge in [-0.2, -0.15) is 9.78 Å². The van der Waals surface area contributed by atoms with Crippen LogP contribution in [-0.2, 0) is 9.53 Å². The zero-order chi connectivity index (χ0) is 30.7. The number of carbonyl (C=O) groups is 1. The van der Waals surface area contributed by atoms with Crippen molar-refractivity contribution in [3.8, 4) is 22.9 Å². The van der Waals surface area contributed by atoms with E-state index in [1.165, 1.54) is 4.68 Å². The van der Waals surface area contributed by atoms with Crippen LogP contribution in [0.1, 0.15) is 36.5 Å². The van der Waals surface area contributed by atoms with E-state index in [9.17, 15) is 9.59 Å². The molecule has 43 heavy (non-hydrogen) atoms. The van der Waals surface area contributed by atoms with Crippen LogP contribution in [0.3, 0.4) is 0 Å². The number of halogens is 2. The maximum Gasteiger partial charge on any atom is 0.282 e. The number of hydrogen-bond acceptors (Lipinski definition) is 7. The van der Waals surface area contributed by atoms with Gasteiger partial charge in [-0.15, -0.1) is 0 Å². The number of fused-ring (bicyclic) bond motifs is 1. The first-order valence-electron chi connectivity index (χ1n) is 13.9. The molecule has 0 N–H and O–H groups in total. The van der Waals surface area contributed by atoms with Crippen LogP contribution in [0.4, 0.5) is 0 Å². The summed E-state index contributed by atoms with van der Waals surface area (Å²) in [4.78, 5) is 33.0. The minimum absolute atomic E-state index is 0.0411. The number of aromatic nitrogens is 2. The van der Waals surface area contributed by atoms with Crippen molar-refractivity contribution < 1.29 is 19.0 Å². The number of hydrogen-bond donors (Lipinski definition) is 0. The lowest BCUT2D eigenvalue weighted by Crippen LogP contribution is -2.43. The minimum atomic E-state index is -0.260. The number of aryl methyl sites for hydroxylation is 1. The molecule has 3 aromatic carbocycles. The van der Waals surface area contributed by atoms with Gasteiger partial charge in [-0.25, -0.2) is 4.98 Å². The SMILES string of the molecule is COc1cc(C)c(-c2nc3ccccc3c(=O)n2N=Cc2cc(I)c(OCC(=O)N3CCOCC3)c(I)c2)cc1C(C)C. The summed E-state index contributed by atoms with van der Waals surface area (Å²) in [7, 11) is 1.66. The zero-order valence-corrected chi connectivity index (χ0v) is 28.7. The summed E-state index contributed by atoms with van der Waals surface area (Å²) in [5.74, 6) is 2.03. The number of rotatable bonds is 8. The van der Waals surface area contributed by atoms with Crippen molar-refractivity contribution in [3.63, 3.8) is 0 Å². The molecule has 224 valence electrons. The molecule has 1 fully saturated rings. The van der Waals surface area contributed by atoms with Crippen molar-refractivity contribution in [2.24, 2.45) is 5.10 Å². The molecule has 0 spiro atoms. The van der Waals surface area contributed by atoms with Gasteiger partial charge in [-0.05, 0) is 111 Å². The van der Waals surface area contributed by atoms with Gasteiger partial charge in [0.15, 0.2) is 12.4 Å². The van der Waals surface area contributed by atoms with E-state index in [1.54, 1.807) is 24.3 Å². The highest BCUT2D eigenvalue weighted by atomic mass is 127. The van der Waals surface area contributed by atoms with Gasteiger partial charge in [0.25, 0.3) is 11.5 Å². The summed E-state index contributed by atoms with van der Waals surface area (Å²) in [5, 5.41) is 5.16. The van der Waals surface area contributed by atoms with E-state index in [4.69, 9.17) is 19.2 Å². The fraction of sp³-hybridized carbons (Fsp3) is 0.312. The lowest BCUT2D eigenvalue weighted by molar-refractivity contribution is -0.137. The lowest BCUT2D eigenvalue weighted by Gasteiger charge is -2.26. The largest absolute Gasteiger partial charge is 0.496 e. The van der Waals surface area contributed by atoms with Gasteiger partial charge in [-0.3, -0.25) is 9.59 Å². The maximum absolute atomic E-state index is 13.8. The third-order valence-electron chi connectivity index (χ3n) is 7.24. The first-order chi connectivity index (χ1) is 20.7. The van der Waals surface area contributed by atoms with Crippen LogP contribution in [0.15, 0.2) is 58.4 Å². The summed E-state index contributed by atoms with van der Waals surface area (Å²) in [6.07, 6.45) is 1.65. The predicted molar refractivity (Wildman–Crippen MR) is 185 cm³/mol. The fourth-order valence-corrected chi connectivity index (χ4v) is 7.05. The van der Waals surface area contributed by atoms with Crippen molar-refractivity contribution in [1.82, 2.24) is 14.6 Å². The van der Waals surface area contributed by atoms with Gasteiger partial charge in [0.2, 0.25) is 0 Å². The minimum Gasteiger partial charge on any atom is -0.496 e. The topological polar surface area (TPSA) is 95.2 Å². The molecule has 9 nitrogen and oxygen atoms in total. The average molecular weight is 806 g/mol. The van der Waals surface area contributed by atoms with Gasteiger partial charge >= 0.3 is 0 Å². The first kappa shape index (κ1) is 31.4. The Labute approximate surface area is 277 Å². The summed E-state index contributed by atoms with van der Waals surface area (Å²) in [6, 6.07) is 15.1. The molecule has 0 bridgehead atoms. The predicted octanol–water partition coefficient (Wildman–Crippen LogP) is 5.83. The van der Waals surface area contributed by atoms with Crippen molar-refractivity contribution in [3.05, 3.63) is 82.7 Å². The second kappa shape index (κ2) is 13.7. The van der Waals surface area contributed by atoms with Gasteiger partial charge in [0, 0.05) is 18.7 Å². The number of benzene rings is 3. The van der Waals surface area contributed by atoms with Crippen LogP contribution in [-0.4, -0.2) is 66.7 Å². The second-order valence-electron chi connectivity index (χ2n) is 10.5. The molecule has 0 unspecified atom stereocenters. The Balaban J connectivity index is 1.51. The fourth-order valence-electron chi connectivity index (χ4n) is 4.93. The van der Waals surface area contributed by atoms with Crippen LogP contribution in [0, 0.1) is 14.1 Å². The molecule has 1 amide bonds. The summed E-state index contributed by atoms with van der Waals surface area (Å²) in [5.41, 5.74) is 3.87. The highest BCUT2D eigenvalue weighted by molar-refractivity contribution is 14.1. The van der Waals surface area contributed by atoms with Crippen molar-refractivity contribution in [1.29, 1.82) is 0 Å². The number of ether oxygens (including phenoxy) is 3.